The van der Waals surface area contributed by atoms with E-state index in [1.807, 2.05) is 0 Å². The van der Waals surface area contributed by atoms with Crippen LogP contribution in [0.1, 0.15) is 17.3 Å². The van der Waals surface area contributed by atoms with Gasteiger partial charge in [0.05, 0.1) is 0 Å². The largest absolute Gasteiger partial charge is 0.494 e. The summed E-state index contributed by atoms with van der Waals surface area (Å²) in [6.45, 7) is 2.10. The number of carboxylic acid groups (broad SMARTS) is 1. The SMILES string of the molecule is CCn1cc(C(=O)O)c(=O)c(Br)c1O. The third-order valence-corrected chi connectivity index (χ3v) is 2.48. The van der Waals surface area contributed by atoms with Gasteiger partial charge in [-0.3, -0.25) is 4.79 Å². The highest BCUT2D eigenvalue weighted by Crippen LogP contribution is 2.19. The number of hydrogen-bond acceptors (Lipinski definition) is 3. The van der Waals surface area contributed by atoms with E-state index in [9.17, 15) is 14.7 Å². The fourth-order valence-electron chi connectivity index (χ4n) is 1.01. The third-order valence-electron chi connectivity index (χ3n) is 1.77. The van der Waals surface area contributed by atoms with E-state index >= 15 is 0 Å². The second-order valence-corrected chi connectivity index (χ2v) is 3.39. The number of hydrogen-bond donors (Lipinski definition) is 2. The van der Waals surface area contributed by atoms with Crippen molar-refractivity contribution in [1.29, 1.82) is 0 Å². The first kappa shape index (κ1) is 10.8. The minimum Gasteiger partial charge on any atom is -0.494 e. The minimum absolute atomic E-state index is 0.126. The Morgan fingerprint density at radius 1 is 1.64 bits per heavy atom. The summed E-state index contributed by atoms with van der Waals surface area (Å²) in [5.74, 6) is -1.57. The second kappa shape index (κ2) is 3.83. The van der Waals surface area contributed by atoms with Gasteiger partial charge in [-0.15, -0.1) is 0 Å². The van der Waals surface area contributed by atoms with E-state index < -0.39 is 11.4 Å². The molecule has 2 N–H and O–H groups in total. The fourth-order valence-corrected chi connectivity index (χ4v) is 1.46. The molecule has 1 heterocycles. The van der Waals surface area contributed by atoms with Gasteiger partial charge in [0.25, 0.3) is 0 Å². The van der Waals surface area contributed by atoms with Crippen LogP contribution < -0.4 is 5.43 Å². The maximum atomic E-state index is 11.3. The topological polar surface area (TPSA) is 79.5 Å². The summed E-state index contributed by atoms with van der Waals surface area (Å²) in [4.78, 5) is 21.9. The van der Waals surface area contributed by atoms with E-state index in [0.717, 1.165) is 6.20 Å². The standard InChI is InChI=1S/C8H8BrNO4/c1-2-10-3-4(8(13)14)6(11)5(9)7(10)12/h3,12H,2H2,1H3,(H,13,14). The number of aryl methyl sites for hydroxylation is 1. The van der Waals surface area contributed by atoms with Gasteiger partial charge in [-0.25, -0.2) is 4.79 Å². The molecule has 0 spiro atoms. The summed E-state index contributed by atoms with van der Waals surface area (Å²) in [6, 6.07) is 0. The maximum absolute atomic E-state index is 11.3. The van der Waals surface area contributed by atoms with Crippen molar-refractivity contribution in [2.75, 3.05) is 0 Å². The number of pyridine rings is 1. The lowest BCUT2D eigenvalue weighted by molar-refractivity contribution is 0.0694. The molecule has 0 aliphatic carbocycles. The van der Waals surface area contributed by atoms with Gasteiger partial charge in [-0.05, 0) is 22.9 Å². The van der Waals surface area contributed by atoms with Crippen molar-refractivity contribution in [3.63, 3.8) is 0 Å². The van der Waals surface area contributed by atoms with Crippen LogP contribution in [-0.4, -0.2) is 20.7 Å². The molecule has 0 saturated carbocycles. The van der Waals surface area contributed by atoms with Gasteiger partial charge in [-0.1, -0.05) is 0 Å². The first-order valence-corrected chi connectivity index (χ1v) is 4.63. The highest BCUT2D eigenvalue weighted by molar-refractivity contribution is 9.10. The average molecular weight is 262 g/mol. The van der Waals surface area contributed by atoms with E-state index in [2.05, 4.69) is 15.9 Å². The van der Waals surface area contributed by atoms with Gasteiger partial charge < -0.3 is 14.8 Å². The normalized spacial score (nSPS) is 10.1. The first-order valence-electron chi connectivity index (χ1n) is 3.84. The van der Waals surface area contributed by atoms with Crippen molar-refractivity contribution in [3.8, 4) is 5.88 Å². The summed E-state index contributed by atoms with van der Waals surface area (Å²) < 4.78 is 1.15. The van der Waals surface area contributed by atoms with Gasteiger partial charge >= 0.3 is 5.97 Å². The summed E-state index contributed by atoms with van der Waals surface area (Å²) in [7, 11) is 0. The Kier molecular flexibility index (Phi) is 2.95. The Labute approximate surface area is 87.7 Å². The van der Waals surface area contributed by atoms with Crippen molar-refractivity contribution in [3.05, 3.63) is 26.5 Å². The highest BCUT2D eigenvalue weighted by atomic mass is 79.9. The predicted octanol–water partition coefficient (Wildman–Crippen LogP) is 1.03. The molecule has 0 unspecified atom stereocenters. The van der Waals surface area contributed by atoms with Crippen molar-refractivity contribution < 1.29 is 15.0 Å². The number of halogens is 1. The molecule has 1 aromatic heterocycles. The van der Waals surface area contributed by atoms with E-state index in [1.165, 1.54) is 4.57 Å². The number of carbonyl (C=O) groups is 1. The molecule has 1 aromatic rings. The molecule has 0 radical (unpaired) electrons. The lowest BCUT2D eigenvalue weighted by Crippen LogP contribution is -2.18. The van der Waals surface area contributed by atoms with Crippen LogP contribution in [0.4, 0.5) is 0 Å². The van der Waals surface area contributed by atoms with Crippen LogP contribution in [-0.2, 0) is 6.54 Å². The van der Waals surface area contributed by atoms with E-state index in [0.29, 0.717) is 6.54 Å². The quantitative estimate of drug-likeness (QED) is 0.834. The molecule has 0 amide bonds. The van der Waals surface area contributed by atoms with Crippen molar-refractivity contribution in [2.24, 2.45) is 0 Å². The van der Waals surface area contributed by atoms with Gasteiger partial charge in [0.15, 0.2) is 0 Å². The Hall–Kier alpha value is -1.30. The summed E-state index contributed by atoms with van der Waals surface area (Å²) >= 11 is 2.84. The van der Waals surface area contributed by atoms with Crippen LogP contribution in [0.3, 0.4) is 0 Å². The smallest absolute Gasteiger partial charge is 0.341 e. The molecular formula is C8H8BrNO4. The Morgan fingerprint density at radius 2 is 2.21 bits per heavy atom. The number of aromatic nitrogens is 1. The third kappa shape index (κ3) is 1.65. The van der Waals surface area contributed by atoms with E-state index in [4.69, 9.17) is 5.11 Å². The molecular weight excluding hydrogens is 254 g/mol. The molecule has 1 rings (SSSR count). The molecule has 6 heteroatoms. The first-order chi connectivity index (χ1) is 6.49. The summed E-state index contributed by atoms with van der Waals surface area (Å²) in [5, 5.41) is 18.1. The molecule has 14 heavy (non-hydrogen) atoms. The number of aromatic carboxylic acids is 1. The van der Waals surface area contributed by atoms with Crippen molar-refractivity contribution in [2.45, 2.75) is 13.5 Å². The van der Waals surface area contributed by atoms with Crippen LogP contribution in [0.15, 0.2) is 15.5 Å². The Bertz CT molecular complexity index is 438. The zero-order valence-corrected chi connectivity index (χ0v) is 8.91. The van der Waals surface area contributed by atoms with Crippen LogP contribution in [0.5, 0.6) is 5.88 Å². The zero-order valence-electron chi connectivity index (χ0n) is 7.32. The molecule has 5 nitrogen and oxygen atoms in total. The molecule has 0 aromatic carbocycles. The maximum Gasteiger partial charge on any atom is 0.341 e. The summed E-state index contributed by atoms with van der Waals surface area (Å²) in [6.07, 6.45) is 1.12. The molecule has 0 bridgehead atoms. The number of aromatic hydroxyl groups is 1. The van der Waals surface area contributed by atoms with Crippen LogP contribution in [0, 0.1) is 0 Å². The lowest BCUT2D eigenvalue weighted by atomic mass is 10.2. The molecule has 0 atom stereocenters. The van der Waals surface area contributed by atoms with E-state index in [-0.39, 0.29) is 15.9 Å². The van der Waals surface area contributed by atoms with Gasteiger partial charge in [0, 0.05) is 12.7 Å². The predicted molar refractivity (Wildman–Crippen MR) is 52.7 cm³/mol. The van der Waals surface area contributed by atoms with Gasteiger partial charge in [0.1, 0.15) is 10.0 Å². The monoisotopic (exact) mass is 261 g/mol. The van der Waals surface area contributed by atoms with Gasteiger partial charge in [-0.2, -0.15) is 0 Å². The highest BCUT2D eigenvalue weighted by Gasteiger charge is 2.16. The number of nitrogens with zero attached hydrogens (tertiary/aromatic N) is 1. The zero-order chi connectivity index (χ0) is 10.9. The number of carboxylic acids is 1. The van der Waals surface area contributed by atoms with Crippen molar-refractivity contribution in [1.82, 2.24) is 4.57 Å². The Balaban J connectivity index is 3.57. The fraction of sp³-hybridized carbons (Fsp3) is 0.250. The molecule has 0 aliphatic rings. The average Bonchev–Trinajstić information content (AvgIpc) is 2.14. The molecule has 76 valence electrons. The van der Waals surface area contributed by atoms with Crippen LogP contribution in [0.2, 0.25) is 0 Å². The van der Waals surface area contributed by atoms with Crippen LogP contribution >= 0.6 is 15.9 Å². The minimum atomic E-state index is -1.31. The number of rotatable bonds is 2. The lowest BCUT2D eigenvalue weighted by Gasteiger charge is -2.08. The Morgan fingerprint density at radius 3 is 2.64 bits per heavy atom. The van der Waals surface area contributed by atoms with Crippen molar-refractivity contribution >= 4 is 21.9 Å². The van der Waals surface area contributed by atoms with Gasteiger partial charge in [0.2, 0.25) is 11.3 Å². The van der Waals surface area contributed by atoms with E-state index in [1.54, 1.807) is 6.92 Å². The second-order valence-electron chi connectivity index (χ2n) is 2.60. The summed E-state index contributed by atoms with van der Waals surface area (Å²) in [5.41, 5.74) is -1.09. The molecule has 0 fully saturated rings. The molecule has 0 saturated heterocycles. The van der Waals surface area contributed by atoms with Crippen LogP contribution in [0.25, 0.3) is 0 Å². The molecule has 0 aliphatic heterocycles.